The van der Waals surface area contributed by atoms with Gasteiger partial charge in [-0.3, -0.25) is 0 Å². The monoisotopic (exact) mass is 466 g/mol. The molecule has 0 aliphatic heterocycles. The molecule has 188 valence electrons. The summed E-state index contributed by atoms with van der Waals surface area (Å²) in [4.78, 5) is 0. The second kappa shape index (κ2) is 23.0. The quantitative estimate of drug-likeness (QED) is 0.142. The smallest absolute Gasteiger partial charge is 0.118 e. The molecule has 33 heavy (non-hydrogen) atoms. The minimum atomic E-state index is -0.729. The van der Waals surface area contributed by atoms with Crippen molar-refractivity contribution >= 4 is 0 Å². The molecule has 0 radical (unpaired) electrons. The number of allylic oxidation sites excluding steroid dienone is 8. The van der Waals surface area contributed by atoms with E-state index in [-0.39, 0.29) is 26.4 Å². The molecule has 0 aromatic rings. The fourth-order valence-electron chi connectivity index (χ4n) is 2.31. The summed E-state index contributed by atoms with van der Waals surface area (Å²) < 4.78 is 26.4. The molecule has 7 heteroatoms. The zero-order valence-corrected chi connectivity index (χ0v) is 20.2. The normalized spacial score (nSPS) is 14.5. The first-order valence-corrected chi connectivity index (χ1v) is 11.3. The number of hydrogen-bond acceptors (Lipinski definition) is 7. The van der Waals surface area contributed by atoms with Gasteiger partial charge in [-0.05, 0) is 36.6 Å². The lowest BCUT2D eigenvalue weighted by atomic mass is 10.1. The van der Waals surface area contributed by atoms with Gasteiger partial charge in [-0.25, -0.2) is 0 Å². The van der Waals surface area contributed by atoms with E-state index in [4.69, 9.17) is 23.7 Å². The van der Waals surface area contributed by atoms with Crippen molar-refractivity contribution in [1.82, 2.24) is 0 Å². The van der Waals surface area contributed by atoms with Crippen molar-refractivity contribution in [3.63, 3.8) is 0 Å². The lowest BCUT2D eigenvalue weighted by molar-refractivity contribution is -0.0196. The van der Waals surface area contributed by atoms with E-state index in [2.05, 4.69) is 20.1 Å². The van der Waals surface area contributed by atoms with Crippen molar-refractivity contribution in [1.29, 1.82) is 0 Å². The highest BCUT2D eigenvalue weighted by atomic mass is 16.5. The molecule has 0 rings (SSSR count). The van der Waals surface area contributed by atoms with Crippen LogP contribution in [0.15, 0.2) is 73.3 Å². The Bertz CT molecular complexity index is 608. The zero-order valence-electron chi connectivity index (χ0n) is 20.2. The average molecular weight is 467 g/mol. The van der Waals surface area contributed by atoms with Gasteiger partial charge < -0.3 is 33.9 Å². The molecule has 0 saturated carbocycles. The van der Waals surface area contributed by atoms with E-state index < -0.39 is 12.2 Å². The number of hydrogen-bond donors (Lipinski definition) is 2. The Labute approximate surface area is 199 Å². The van der Waals surface area contributed by atoms with E-state index in [0.29, 0.717) is 25.4 Å². The summed E-state index contributed by atoms with van der Waals surface area (Å²) in [5, 5.41) is 19.5. The summed E-state index contributed by atoms with van der Waals surface area (Å²) in [7, 11) is 1.53. The molecule has 0 heterocycles. The van der Waals surface area contributed by atoms with Gasteiger partial charge in [0.1, 0.15) is 31.2 Å². The highest BCUT2D eigenvalue weighted by Crippen LogP contribution is 2.06. The SMILES string of the molecule is C=CC(=CC=COCC(O)COC)CC=CC=C(C=C)OCC(O)COCCOCCCC. The van der Waals surface area contributed by atoms with Crippen molar-refractivity contribution in [2.24, 2.45) is 0 Å². The molecule has 0 bridgehead atoms. The van der Waals surface area contributed by atoms with E-state index in [1.165, 1.54) is 13.4 Å². The van der Waals surface area contributed by atoms with Crippen LogP contribution in [-0.4, -0.2) is 75.8 Å². The predicted molar refractivity (Wildman–Crippen MR) is 132 cm³/mol. The van der Waals surface area contributed by atoms with Gasteiger partial charge in [0.2, 0.25) is 0 Å². The minimum Gasteiger partial charge on any atom is -0.498 e. The highest BCUT2D eigenvalue weighted by Gasteiger charge is 2.05. The molecule has 0 amide bonds. The molecule has 2 N–H and O–H groups in total. The van der Waals surface area contributed by atoms with Crippen LogP contribution in [0.5, 0.6) is 0 Å². The standard InChI is InChI=1S/C26H42O7/c1-5-8-15-30-17-18-32-21-25(28)22-33-26(7-3)14-10-9-12-23(6-2)13-11-16-31-20-24(27)19-29-4/h6-7,9-11,13-14,16,24-25,27-28H,2-3,5,8,12,15,17-22H2,1,4H3. The van der Waals surface area contributed by atoms with Gasteiger partial charge in [0.15, 0.2) is 0 Å². The number of ether oxygens (including phenoxy) is 5. The second-order valence-corrected chi connectivity index (χ2v) is 7.13. The molecule has 7 nitrogen and oxygen atoms in total. The van der Waals surface area contributed by atoms with Crippen LogP contribution in [0.25, 0.3) is 0 Å². The van der Waals surface area contributed by atoms with E-state index in [1.807, 2.05) is 18.2 Å². The van der Waals surface area contributed by atoms with Crippen LogP contribution in [0.3, 0.4) is 0 Å². The number of aliphatic hydroxyl groups is 2. The van der Waals surface area contributed by atoms with Gasteiger partial charge in [-0.1, -0.05) is 50.8 Å². The predicted octanol–water partition coefficient (Wildman–Crippen LogP) is 3.86. The van der Waals surface area contributed by atoms with Crippen molar-refractivity contribution < 1.29 is 33.9 Å². The van der Waals surface area contributed by atoms with Crippen LogP contribution in [0.2, 0.25) is 0 Å². The Balaban J connectivity index is 4.21. The van der Waals surface area contributed by atoms with Gasteiger partial charge in [-0.15, -0.1) is 0 Å². The first-order chi connectivity index (χ1) is 16.1. The Morgan fingerprint density at radius 3 is 2.33 bits per heavy atom. The van der Waals surface area contributed by atoms with E-state index >= 15 is 0 Å². The maximum atomic E-state index is 9.96. The summed E-state index contributed by atoms with van der Waals surface area (Å²) in [6.07, 6.45) is 15.5. The van der Waals surface area contributed by atoms with E-state index in [1.54, 1.807) is 24.3 Å². The van der Waals surface area contributed by atoms with Gasteiger partial charge >= 0.3 is 0 Å². The third-order valence-corrected chi connectivity index (χ3v) is 4.11. The van der Waals surface area contributed by atoms with Crippen LogP contribution in [-0.2, 0) is 23.7 Å². The summed E-state index contributed by atoms with van der Waals surface area (Å²) in [6.45, 7) is 12.1. The third kappa shape index (κ3) is 20.2. The molecular weight excluding hydrogens is 424 g/mol. The topological polar surface area (TPSA) is 86.6 Å². The van der Waals surface area contributed by atoms with E-state index in [9.17, 15) is 10.2 Å². The van der Waals surface area contributed by atoms with Crippen LogP contribution in [0.4, 0.5) is 0 Å². The molecule has 0 aliphatic carbocycles. The largest absolute Gasteiger partial charge is 0.498 e. The molecule has 2 unspecified atom stereocenters. The summed E-state index contributed by atoms with van der Waals surface area (Å²) >= 11 is 0. The second-order valence-electron chi connectivity index (χ2n) is 7.13. The molecule has 0 spiro atoms. The van der Waals surface area contributed by atoms with Gasteiger partial charge in [-0.2, -0.15) is 0 Å². The van der Waals surface area contributed by atoms with Gasteiger partial charge in [0.05, 0.1) is 32.7 Å². The lowest BCUT2D eigenvalue weighted by Gasteiger charge is -2.13. The molecule has 0 saturated heterocycles. The number of rotatable bonds is 22. The first-order valence-electron chi connectivity index (χ1n) is 11.3. The van der Waals surface area contributed by atoms with Crippen molar-refractivity contribution in [2.75, 3.05) is 53.4 Å². The minimum absolute atomic E-state index is 0.115. The lowest BCUT2D eigenvalue weighted by Crippen LogP contribution is -2.22. The molecule has 0 aromatic heterocycles. The number of unbranched alkanes of at least 4 members (excludes halogenated alkanes) is 1. The van der Waals surface area contributed by atoms with Crippen LogP contribution in [0, 0.1) is 0 Å². The summed E-state index contributed by atoms with van der Waals surface area (Å²) in [5.74, 6) is 0.556. The zero-order chi connectivity index (χ0) is 24.6. The molecular formula is C26H42O7. The maximum Gasteiger partial charge on any atom is 0.118 e. The first kappa shape index (κ1) is 30.8. The Kier molecular flexibility index (Phi) is 21.5. The maximum absolute atomic E-state index is 9.96. The Morgan fingerprint density at radius 2 is 1.64 bits per heavy atom. The Morgan fingerprint density at radius 1 is 0.879 bits per heavy atom. The fraction of sp³-hybridized carbons (Fsp3) is 0.538. The molecule has 0 aromatic carbocycles. The van der Waals surface area contributed by atoms with Crippen molar-refractivity contribution in [2.45, 2.75) is 38.4 Å². The molecule has 0 fully saturated rings. The van der Waals surface area contributed by atoms with Crippen molar-refractivity contribution in [3.8, 4) is 0 Å². The Hall–Kier alpha value is -2.16. The number of methoxy groups -OCH3 is 1. The van der Waals surface area contributed by atoms with Crippen LogP contribution < -0.4 is 0 Å². The van der Waals surface area contributed by atoms with E-state index in [0.717, 1.165) is 25.0 Å². The number of aliphatic hydroxyl groups excluding tert-OH is 2. The fourth-order valence-corrected chi connectivity index (χ4v) is 2.31. The summed E-state index contributed by atoms with van der Waals surface area (Å²) in [5.41, 5.74) is 0.990. The molecule has 2 atom stereocenters. The van der Waals surface area contributed by atoms with Gasteiger partial charge in [0.25, 0.3) is 0 Å². The van der Waals surface area contributed by atoms with Crippen LogP contribution >= 0.6 is 0 Å². The van der Waals surface area contributed by atoms with Gasteiger partial charge in [0, 0.05) is 13.7 Å². The van der Waals surface area contributed by atoms with Crippen LogP contribution in [0.1, 0.15) is 26.2 Å². The third-order valence-electron chi connectivity index (χ3n) is 4.11. The molecule has 0 aliphatic rings. The average Bonchev–Trinajstić information content (AvgIpc) is 2.81. The highest BCUT2D eigenvalue weighted by molar-refractivity contribution is 5.25. The summed E-state index contributed by atoms with van der Waals surface area (Å²) in [6, 6.07) is 0. The van der Waals surface area contributed by atoms with Crippen molar-refractivity contribution in [3.05, 3.63) is 73.3 Å².